The number of carbonyl (C=O) groups excluding carboxylic acids is 1. The molecule has 0 bridgehead atoms. The highest BCUT2D eigenvalue weighted by atomic mass is 19.3. The summed E-state index contributed by atoms with van der Waals surface area (Å²) in [7, 11) is 0. The number of nitrogens with one attached hydrogen (secondary N) is 1. The smallest absolute Gasteiger partial charge is 0.314 e. The van der Waals surface area contributed by atoms with Crippen LogP contribution in [-0.4, -0.2) is 30.0 Å². The second-order valence-corrected chi connectivity index (χ2v) is 4.38. The Balaban J connectivity index is 2.84. The molecule has 1 rings (SSSR count). The summed E-state index contributed by atoms with van der Waals surface area (Å²) in [6, 6.07) is 8.23. The summed E-state index contributed by atoms with van der Waals surface area (Å²) < 4.78 is 24.0. The van der Waals surface area contributed by atoms with Crippen molar-refractivity contribution >= 4 is 11.9 Å². The van der Waals surface area contributed by atoms with E-state index in [9.17, 15) is 23.5 Å². The van der Waals surface area contributed by atoms with E-state index in [2.05, 4.69) is 0 Å². The molecule has 4 nitrogen and oxygen atoms in total. The topological polar surface area (TPSA) is 66.4 Å². The average molecular weight is 271 g/mol. The van der Waals surface area contributed by atoms with Crippen LogP contribution in [0.25, 0.3) is 0 Å². The van der Waals surface area contributed by atoms with Gasteiger partial charge in [-0.3, -0.25) is 9.59 Å². The highest BCUT2D eigenvalue weighted by molar-refractivity contribution is 5.89. The third-order valence-corrected chi connectivity index (χ3v) is 2.85. The molecule has 0 aliphatic heterocycles. The maximum absolute atomic E-state index is 12.0. The lowest BCUT2D eigenvalue weighted by atomic mass is 9.79. The van der Waals surface area contributed by atoms with Gasteiger partial charge in [-0.15, -0.1) is 0 Å². The highest BCUT2D eigenvalue weighted by Gasteiger charge is 2.37. The van der Waals surface area contributed by atoms with Crippen molar-refractivity contribution in [2.75, 3.05) is 6.54 Å². The standard InChI is InChI=1S/C13H15F2NO3/c1-13(12(18)19,9-5-3-2-4-6-9)7-11(17)16-8-10(14)15/h2-6,10H,7-8H2,1H3,(H,16,17)(H,18,19). The van der Waals surface area contributed by atoms with E-state index >= 15 is 0 Å². The third-order valence-electron chi connectivity index (χ3n) is 2.85. The fourth-order valence-electron chi connectivity index (χ4n) is 1.68. The largest absolute Gasteiger partial charge is 0.481 e. The number of amides is 1. The molecule has 0 radical (unpaired) electrons. The lowest BCUT2D eigenvalue weighted by molar-refractivity contribution is -0.145. The molecule has 1 atom stereocenters. The Hall–Kier alpha value is -1.98. The number of carboxylic acid groups (broad SMARTS) is 1. The van der Waals surface area contributed by atoms with Crippen molar-refractivity contribution in [2.24, 2.45) is 0 Å². The zero-order valence-corrected chi connectivity index (χ0v) is 10.4. The van der Waals surface area contributed by atoms with Gasteiger partial charge >= 0.3 is 5.97 Å². The molecule has 19 heavy (non-hydrogen) atoms. The normalized spacial score (nSPS) is 13.9. The monoisotopic (exact) mass is 271 g/mol. The Labute approximate surface area is 109 Å². The fraction of sp³-hybridized carbons (Fsp3) is 0.385. The summed E-state index contributed by atoms with van der Waals surface area (Å²) in [5.41, 5.74) is -0.984. The number of hydrogen-bond donors (Lipinski definition) is 2. The van der Waals surface area contributed by atoms with Crippen molar-refractivity contribution in [3.63, 3.8) is 0 Å². The second-order valence-electron chi connectivity index (χ2n) is 4.38. The summed E-state index contributed by atoms with van der Waals surface area (Å²) in [6.45, 7) is 0.621. The van der Waals surface area contributed by atoms with E-state index < -0.39 is 30.3 Å². The minimum atomic E-state index is -2.66. The number of rotatable bonds is 6. The Morgan fingerprint density at radius 1 is 1.32 bits per heavy atom. The van der Waals surface area contributed by atoms with Gasteiger partial charge in [0.25, 0.3) is 6.43 Å². The molecule has 0 spiro atoms. The van der Waals surface area contributed by atoms with Gasteiger partial charge in [0.1, 0.15) is 0 Å². The number of halogens is 2. The third kappa shape index (κ3) is 4.01. The van der Waals surface area contributed by atoms with Crippen LogP contribution in [0.4, 0.5) is 8.78 Å². The summed E-state index contributed by atoms with van der Waals surface area (Å²) in [5, 5.41) is 11.3. The zero-order valence-electron chi connectivity index (χ0n) is 10.4. The molecule has 1 aromatic carbocycles. The number of carboxylic acids is 1. The van der Waals surface area contributed by atoms with Crippen LogP contribution in [0.3, 0.4) is 0 Å². The van der Waals surface area contributed by atoms with Gasteiger partial charge < -0.3 is 10.4 Å². The lowest BCUT2D eigenvalue weighted by Crippen LogP contribution is -2.40. The van der Waals surface area contributed by atoms with Crippen LogP contribution >= 0.6 is 0 Å². The minimum absolute atomic E-state index is 0.390. The van der Waals surface area contributed by atoms with Gasteiger partial charge in [-0.1, -0.05) is 30.3 Å². The molecule has 1 aromatic rings. The van der Waals surface area contributed by atoms with Gasteiger partial charge in [-0.25, -0.2) is 8.78 Å². The van der Waals surface area contributed by atoms with Crippen LogP contribution in [0.2, 0.25) is 0 Å². The van der Waals surface area contributed by atoms with Gasteiger partial charge in [0.2, 0.25) is 5.91 Å². The first-order valence-corrected chi connectivity index (χ1v) is 5.70. The molecule has 0 saturated heterocycles. The lowest BCUT2D eigenvalue weighted by Gasteiger charge is -2.24. The maximum Gasteiger partial charge on any atom is 0.314 e. The SMILES string of the molecule is CC(CC(=O)NCC(F)F)(C(=O)O)c1ccccc1. The maximum atomic E-state index is 12.0. The van der Waals surface area contributed by atoms with E-state index in [4.69, 9.17) is 0 Å². The van der Waals surface area contributed by atoms with Crippen LogP contribution in [0.15, 0.2) is 30.3 Å². The van der Waals surface area contributed by atoms with Crippen molar-refractivity contribution in [1.82, 2.24) is 5.32 Å². The number of aliphatic carboxylic acids is 1. The van der Waals surface area contributed by atoms with Gasteiger partial charge in [0, 0.05) is 6.42 Å². The molecule has 0 aliphatic rings. The van der Waals surface area contributed by atoms with Crippen LogP contribution in [0, 0.1) is 0 Å². The fourth-order valence-corrected chi connectivity index (χ4v) is 1.68. The van der Waals surface area contributed by atoms with Crippen LogP contribution < -0.4 is 5.32 Å². The molecule has 0 aromatic heterocycles. The first-order chi connectivity index (χ1) is 8.86. The van der Waals surface area contributed by atoms with Crippen molar-refractivity contribution in [2.45, 2.75) is 25.2 Å². The molecular formula is C13H15F2NO3. The molecule has 1 amide bonds. The van der Waals surface area contributed by atoms with Crippen molar-refractivity contribution < 1.29 is 23.5 Å². The predicted molar refractivity (Wildman–Crippen MR) is 65.1 cm³/mol. The molecule has 0 saturated carbocycles. The summed E-state index contributed by atoms with van der Waals surface area (Å²) >= 11 is 0. The van der Waals surface area contributed by atoms with Crippen molar-refractivity contribution in [1.29, 1.82) is 0 Å². The van der Waals surface area contributed by atoms with E-state index in [-0.39, 0.29) is 6.42 Å². The molecule has 0 aliphatic carbocycles. The Kier molecular flexibility index (Phi) is 4.97. The number of hydrogen-bond acceptors (Lipinski definition) is 2. The second kappa shape index (κ2) is 6.26. The predicted octanol–water partition coefficient (Wildman–Crippen LogP) is 1.80. The highest BCUT2D eigenvalue weighted by Crippen LogP contribution is 2.27. The van der Waals surface area contributed by atoms with E-state index in [0.29, 0.717) is 5.56 Å². The Bertz CT molecular complexity index is 450. The molecule has 1 unspecified atom stereocenters. The Morgan fingerprint density at radius 2 is 1.89 bits per heavy atom. The quantitative estimate of drug-likeness (QED) is 0.829. The molecule has 2 N–H and O–H groups in total. The molecule has 0 fully saturated rings. The van der Waals surface area contributed by atoms with Crippen molar-refractivity contribution in [3.8, 4) is 0 Å². The number of alkyl halides is 2. The van der Waals surface area contributed by atoms with E-state index in [0.717, 1.165) is 0 Å². The van der Waals surface area contributed by atoms with Gasteiger partial charge in [0.05, 0.1) is 12.0 Å². The van der Waals surface area contributed by atoms with Gasteiger partial charge in [-0.05, 0) is 12.5 Å². The van der Waals surface area contributed by atoms with Crippen LogP contribution in [0.1, 0.15) is 18.9 Å². The number of carbonyl (C=O) groups is 2. The summed E-state index contributed by atoms with van der Waals surface area (Å²) in [5.74, 6) is -1.89. The van der Waals surface area contributed by atoms with E-state index in [1.165, 1.54) is 6.92 Å². The first-order valence-electron chi connectivity index (χ1n) is 5.70. The van der Waals surface area contributed by atoms with Crippen LogP contribution in [-0.2, 0) is 15.0 Å². The summed E-state index contributed by atoms with van der Waals surface area (Å²) in [4.78, 5) is 22.9. The van der Waals surface area contributed by atoms with Crippen LogP contribution in [0.5, 0.6) is 0 Å². The first kappa shape index (κ1) is 15.1. The zero-order chi connectivity index (χ0) is 14.5. The minimum Gasteiger partial charge on any atom is -0.481 e. The van der Waals surface area contributed by atoms with E-state index in [1.54, 1.807) is 30.3 Å². The van der Waals surface area contributed by atoms with Crippen molar-refractivity contribution in [3.05, 3.63) is 35.9 Å². The molecule has 0 heterocycles. The van der Waals surface area contributed by atoms with E-state index in [1.807, 2.05) is 5.32 Å². The average Bonchev–Trinajstić information content (AvgIpc) is 2.37. The summed E-state index contributed by atoms with van der Waals surface area (Å²) in [6.07, 6.45) is -3.05. The molecule has 6 heteroatoms. The number of benzene rings is 1. The molecular weight excluding hydrogens is 256 g/mol. The molecule has 104 valence electrons. The Morgan fingerprint density at radius 3 is 2.37 bits per heavy atom. The van der Waals surface area contributed by atoms with Gasteiger partial charge in [0.15, 0.2) is 0 Å². The van der Waals surface area contributed by atoms with Gasteiger partial charge in [-0.2, -0.15) is 0 Å².